The zero-order valence-electron chi connectivity index (χ0n) is 9.98. The van der Waals surface area contributed by atoms with Crippen LogP contribution < -0.4 is 10.6 Å². The number of nitriles is 1. The number of nitrogens with zero attached hydrogens (tertiary/aromatic N) is 2. The van der Waals surface area contributed by atoms with Gasteiger partial charge in [0.1, 0.15) is 6.07 Å². The second kappa shape index (κ2) is 4.27. The molecule has 0 radical (unpaired) electrons. The summed E-state index contributed by atoms with van der Waals surface area (Å²) < 4.78 is 0. The lowest BCUT2D eigenvalue weighted by Crippen LogP contribution is -2.46. The summed E-state index contributed by atoms with van der Waals surface area (Å²) in [6.45, 7) is 3.36. The molecule has 1 unspecified atom stereocenters. The third kappa shape index (κ3) is 2.51. The highest BCUT2D eigenvalue weighted by atomic mass is 16.3. The lowest BCUT2D eigenvalue weighted by Gasteiger charge is -2.38. The Balaban J connectivity index is 2.26. The summed E-state index contributed by atoms with van der Waals surface area (Å²) in [4.78, 5) is 2.10. The van der Waals surface area contributed by atoms with E-state index in [-0.39, 0.29) is 0 Å². The molecule has 0 saturated carbocycles. The third-order valence-electron chi connectivity index (χ3n) is 3.20. The van der Waals surface area contributed by atoms with E-state index in [0.29, 0.717) is 17.8 Å². The topological polar surface area (TPSA) is 73.3 Å². The Bertz CT molecular complexity index is 462. The summed E-state index contributed by atoms with van der Waals surface area (Å²) in [5.41, 5.74) is 6.99. The van der Waals surface area contributed by atoms with Crippen LogP contribution in [0.15, 0.2) is 18.2 Å². The van der Waals surface area contributed by atoms with Gasteiger partial charge in [-0.1, -0.05) is 0 Å². The van der Waals surface area contributed by atoms with E-state index in [2.05, 4.69) is 11.0 Å². The predicted octanol–water partition coefficient (Wildman–Crippen LogP) is 1.49. The summed E-state index contributed by atoms with van der Waals surface area (Å²) in [6.07, 6.45) is 1.78. The Kier molecular flexibility index (Phi) is 2.95. The fourth-order valence-corrected chi connectivity index (χ4v) is 2.28. The van der Waals surface area contributed by atoms with Gasteiger partial charge >= 0.3 is 0 Å². The van der Waals surface area contributed by atoms with E-state index in [1.54, 1.807) is 12.1 Å². The normalized spacial score (nSPS) is 24.4. The van der Waals surface area contributed by atoms with Crippen LogP contribution in [0.2, 0.25) is 0 Å². The molecule has 0 spiro atoms. The molecule has 4 nitrogen and oxygen atoms in total. The highest BCUT2D eigenvalue weighted by Crippen LogP contribution is 2.27. The van der Waals surface area contributed by atoms with Gasteiger partial charge in [0, 0.05) is 24.5 Å². The lowest BCUT2D eigenvalue weighted by atomic mass is 9.94. The van der Waals surface area contributed by atoms with Crippen molar-refractivity contribution >= 4 is 11.4 Å². The summed E-state index contributed by atoms with van der Waals surface area (Å²) in [5.74, 6) is 0. The van der Waals surface area contributed by atoms with Crippen LogP contribution in [0.3, 0.4) is 0 Å². The molecule has 17 heavy (non-hydrogen) atoms. The van der Waals surface area contributed by atoms with Gasteiger partial charge in [-0.3, -0.25) is 0 Å². The van der Waals surface area contributed by atoms with E-state index in [9.17, 15) is 5.11 Å². The van der Waals surface area contributed by atoms with Crippen molar-refractivity contribution in [2.75, 3.05) is 23.7 Å². The maximum absolute atomic E-state index is 10.1. The van der Waals surface area contributed by atoms with Crippen molar-refractivity contribution in [1.82, 2.24) is 0 Å². The first-order valence-corrected chi connectivity index (χ1v) is 5.79. The largest absolute Gasteiger partial charge is 0.398 e. The summed E-state index contributed by atoms with van der Waals surface area (Å²) >= 11 is 0. The number of rotatable bonds is 1. The molecular weight excluding hydrogens is 214 g/mol. The van der Waals surface area contributed by atoms with Crippen molar-refractivity contribution in [2.45, 2.75) is 25.4 Å². The second-order valence-corrected chi connectivity index (χ2v) is 4.91. The van der Waals surface area contributed by atoms with Crippen molar-refractivity contribution in [2.24, 2.45) is 0 Å². The van der Waals surface area contributed by atoms with Gasteiger partial charge in [0.25, 0.3) is 0 Å². The Morgan fingerprint density at radius 1 is 1.53 bits per heavy atom. The molecule has 90 valence electrons. The molecule has 0 aliphatic carbocycles. The summed E-state index contributed by atoms with van der Waals surface area (Å²) in [6, 6.07) is 7.52. The highest BCUT2D eigenvalue weighted by Gasteiger charge is 2.28. The van der Waals surface area contributed by atoms with E-state index in [1.807, 2.05) is 13.0 Å². The van der Waals surface area contributed by atoms with Gasteiger partial charge in [-0.2, -0.15) is 5.26 Å². The zero-order valence-corrected chi connectivity index (χ0v) is 9.98. The molecule has 1 aliphatic heterocycles. The van der Waals surface area contributed by atoms with Crippen LogP contribution in [0.25, 0.3) is 0 Å². The fraction of sp³-hybridized carbons (Fsp3) is 0.462. The maximum atomic E-state index is 10.1. The summed E-state index contributed by atoms with van der Waals surface area (Å²) in [5, 5.41) is 19.0. The molecular formula is C13H17N3O. The quantitative estimate of drug-likeness (QED) is 0.718. The van der Waals surface area contributed by atoms with Gasteiger partial charge in [0.05, 0.1) is 11.2 Å². The molecule has 1 aromatic rings. The molecule has 2 rings (SSSR count). The molecule has 1 atom stereocenters. The highest BCUT2D eigenvalue weighted by molar-refractivity contribution is 5.63. The Hall–Kier alpha value is -1.73. The molecule has 4 heteroatoms. The Labute approximate surface area is 101 Å². The lowest BCUT2D eigenvalue weighted by molar-refractivity contribution is 0.0449. The van der Waals surface area contributed by atoms with E-state index < -0.39 is 5.60 Å². The number of aliphatic hydroxyl groups is 1. The predicted molar refractivity (Wildman–Crippen MR) is 67.6 cm³/mol. The first-order chi connectivity index (χ1) is 8.02. The first-order valence-electron chi connectivity index (χ1n) is 5.79. The maximum Gasteiger partial charge on any atom is 0.101 e. The molecule has 0 amide bonds. The number of β-amino-alcohol motifs (C(OH)–C–C–N with tert-alkyl or cyclic N) is 1. The van der Waals surface area contributed by atoms with Crippen molar-refractivity contribution in [3.63, 3.8) is 0 Å². The van der Waals surface area contributed by atoms with Gasteiger partial charge in [0.2, 0.25) is 0 Å². The smallest absolute Gasteiger partial charge is 0.101 e. The number of nitrogens with two attached hydrogens (primary N) is 1. The van der Waals surface area contributed by atoms with Crippen LogP contribution in [0.1, 0.15) is 25.3 Å². The molecule has 1 aromatic carbocycles. The third-order valence-corrected chi connectivity index (χ3v) is 3.20. The summed E-state index contributed by atoms with van der Waals surface area (Å²) in [7, 11) is 0. The van der Waals surface area contributed by atoms with E-state index in [4.69, 9.17) is 11.0 Å². The number of nitrogen functional groups attached to an aromatic ring is 1. The first kappa shape index (κ1) is 11.7. The molecule has 0 bridgehead atoms. The Morgan fingerprint density at radius 3 is 2.94 bits per heavy atom. The van der Waals surface area contributed by atoms with Gasteiger partial charge in [-0.25, -0.2) is 0 Å². The van der Waals surface area contributed by atoms with Crippen LogP contribution in [0.5, 0.6) is 0 Å². The van der Waals surface area contributed by atoms with E-state index in [0.717, 1.165) is 25.1 Å². The molecule has 1 heterocycles. The minimum Gasteiger partial charge on any atom is -0.398 e. The van der Waals surface area contributed by atoms with Crippen LogP contribution in [-0.2, 0) is 0 Å². The molecule has 3 N–H and O–H groups in total. The monoisotopic (exact) mass is 231 g/mol. The van der Waals surface area contributed by atoms with Crippen molar-refractivity contribution in [3.05, 3.63) is 23.8 Å². The number of anilines is 2. The molecule has 1 aliphatic rings. The van der Waals surface area contributed by atoms with Gasteiger partial charge in [-0.05, 0) is 38.0 Å². The Morgan fingerprint density at radius 2 is 2.29 bits per heavy atom. The van der Waals surface area contributed by atoms with Gasteiger partial charge in [-0.15, -0.1) is 0 Å². The number of benzene rings is 1. The standard InChI is InChI=1S/C13H17N3O/c1-13(17)5-2-6-16(9-13)11-3-4-12(15)10(7-11)8-14/h3-4,7,17H,2,5-6,9,15H2,1H3. The molecule has 0 aromatic heterocycles. The average Bonchev–Trinajstić information content (AvgIpc) is 2.28. The molecule has 1 fully saturated rings. The van der Waals surface area contributed by atoms with Gasteiger partial charge in [0.15, 0.2) is 0 Å². The van der Waals surface area contributed by atoms with Gasteiger partial charge < -0.3 is 15.7 Å². The molecule has 1 saturated heterocycles. The second-order valence-electron chi connectivity index (χ2n) is 4.91. The number of hydrogen-bond acceptors (Lipinski definition) is 4. The van der Waals surface area contributed by atoms with Crippen LogP contribution >= 0.6 is 0 Å². The minimum absolute atomic E-state index is 0.493. The number of hydrogen-bond donors (Lipinski definition) is 2. The fourth-order valence-electron chi connectivity index (χ4n) is 2.28. The van der Waals surface area contributed by atoms with E-state index >= 15 is 0 Å². The zero-order chi connectivity index (χ0) is 12.5. The van der Waals surface area contributed by atoms with Crippen molar-refractivity contribution < 1.29 is 5.11 Å². The number of piperidine rings is 1. The minimum atomic E-state index is -0.646. The average molecular weight is 231 g/mol. The van der Waals surface area contributed by atoms with E-state index in [1.165, 1.54) is 0 Å². The van der Waals surface area contributed by atoms with Crippen LogP contribution in [0.4, 0.5) is 11.4 Å². The van der Waals surface area contributed by atoms with Crippen LogP contribution in [-0.4, -0.2) is 23.8 Å². The van der Waals surface area contributed by atoms with Crippen molar-refractivity contribution in [1.29, 1.82) is 5.26 Å². The van der Waals surface area contributed by atoms with Crippen molar-refractivity contribution in [3.8, 4) is 6.07 Å². The SMILES string of the molecule is CC1(O)CCCN(c2ccc(N)c(C#N)c2)C1. The van der Waals surface area contributed by atoms with Crippen LogP contribution in [0, 0.1) is 11.3 Å².